The molecule has 4 nitrogen and oxygen atoms in total. The summed E-state index contributed by atoms with van der Waals surface area (Å²) in [6.07, 6.45) is 4.73. The minimum atomic E-state index is -0.409. The number of amides is 1. The van der Waals surface area contributed by atoms with E-state index < -0.39 is 6.09 Å². The van der Waals surface area contributed by atoms with Crippen molar-refractivity contribution in [2.45, 2.75) is 19.4 Å². The molecular weight excluding hydrogens is 300 g/mol. The number of alkyl carbamates (subject to hydrolysis) is 1. The van der Waals surface area contributed by atoms with E-state index in [-0.39, 0.29) is 6.61 Å². The van der Waals surface area contributed by atoms with Crippen molar-refractivity contribution in [3.8, 4) is 6.07 Å². The first-order valence-electron chi connectivity index (χ1n) is 7.85. The van der Waals surface area contributed by atoms with Gasteiger partial charge in [0.25, 0.3) is 0 Å². The maximum atomic E-state index is 11.6. The van der Waals surface area contributed by atoms with Gasteiger partial charge < -0.3 is 10.1 Å². The average molecular weight is 320 g/mol. The van der Waals surface area contributed by atoms with Gasteiger partial charge in [0.15, 0.2) is 0 Å². The van der Waals surface area contributed by atoms with Crippen LogP contribution in [0.5, 0.6) is 0 Å². The van der Waals surface area contributed by atoms with E-state index in [1.807, 2.05) is 66.7 Å². The Morgan fingerprint density at radius 3 is 2.54 bits per heavy atom. The Labute approximate surface area is 142 Å². The average Bonchev–Trinajstić information content (AvgIpc) is 2.62. The van der Waals surface area contributed by atoms with Crippen molar-refractivity contribution in [1.29, 1.82) is 5.26 Å². The fourth-order valence-corrected chi connectivity index (χ4v) is 2.09. The van der Waals surface area contributed by atoms with Crippen LogP contribution in [0.4, 0.5) is 4.79 Å². The number of benzene rings is 2. The molecular formula is C20H20N2O2. The van der Waals surface area contributed by atoms with E-state index >= 15 is 0 Å². The van der Waals surface area contributed by atoms with Crippen LogP contribution < -0.4 is 5.32 Å². The van der Waals surface area contributed by atoms with Gasteiger partial charge in [0.2, 0.25) is 0 Å². The molecule has 0 aromatic heterocycles. The van der Waals surface area contributed by atoms with E-state index in [2.05, 4.69) is 11.4 Å². The normalized spacial score (nSPS) is 10.3. The Morgan fingerprint density at radius 2 is 1.83 bits per heavy atom. The second-order valence-electron chi connectivity index (χ2n) is 5.26. The molecule has 4 heteroatoms. The smallest absolute Gasteiger partial charge is 0.407 e. The molecule has 0 aliphatic carbocycles. The first kappa shape index (κ1) is 17.3. The highest BCUT2D eigenvalue weighted by Gasteiger charge is 2.00. The van der Waals surface area contributed by atoms with Gasteiger partial charge in [-0.3, -0.25) is 0 Å². The molecule has 0 radical (unpaired) electrons. The molecule has 1 amide bonds. The third-order valence-electron chi connectivity index (χ3n) is 3.37. The number of ether oxygens (including phenoxy) is 1. The molecule has 0 unspecified atom stereocenters. The molecule has 24 heavy (non-hydrogen) atoms. The fraction of sp³-hybridized carbons (Fsp3) is 0.200. The van der Waals surface area contributed by atoms with Crippen molar-refractivity contribution in [2.75, 3.05) is 6.54 Å². The quantitative estimate of drug-likeness (QED) is 0.782. The van der Waals surface area contributed by atoms with Crippen LogP contribution in [-0.2, 0) is 17.8 Å². The Morgan fingerprint density at radius 1 is 1.08 bits per heavy atom. The number of nitrogens with one attached hydrogen (secondary N) is 1. The van der Waals surface area contributed by atoms with Gasteiger partial charge in [0, 0.05) is 6.54 Å². The number of nitrogens with zero attached hydrogens (tertiary/aromatic N) is 1. The number of hydrogen-bond donors (Lipinski definition) is 1. The zero-order chi connectivity index (χ0) is 17.0. The lowest BCUT2D eigenvalue weighted by Gasteiger charge is -2.05. The van der Waals surface area contributed by atoms with E-state index in [9.17, 15) is 4.79 Å². The standard InChI is InChI=1S/C20H20N2O2/c21-14-13-18-11-9-17(10-12-18)6-4-5-15-22-20(23)24-16-19-7-2-1-3-8-19/h1-4,6-12H,5,13,15-16H2,(H,22,23). The molecule has 0 saturated heterocycles. The lowest BCUT2D eigenvalue weighted by molar-refractivity contribution is 0.140. The summed E-state index contributed by atoms with van der Waals surface area (Å²) in [4.78, 5) is 11.6. The van der Waals surface area contributed by atoms with E-state index in [4.69, 9.17) is 10.00 Å². The molecule has 2 rings (SSSR count). The summed E-state index contributed by atoms with van der Waals surface area (Å²) in [5.41, 5.74) is 3.05. The monoisotopic (exact) mass is 320 g/mol. The highest BCUT2D eigenvalue weighted by Crippen LogP contribution is 2.07. The molecule has 0 aliphatic heterocycles. The minimum Gasteiger partial charge on any atom is -0.445 e. The van der Waals surface area contributed by atoms with Crippen LogP contribution in [0.2, 0.25) is 0 Å². The minimum absolute atomic E-state index is 0.275. The van der Waals surface area contributed by atoms with Gasteiger partial charge >= 0.3 is 6.09 Å². The van der Waals surface area contributed by atoms with Crippen molar-refractivity contribution in [3.63, 3.8) is 0 Å². The van der Waals surface area contributed by atoms with Gasteiger partial charge in [-0.1, -0.05) is 66.7 Å². The highest BCUT2D eigenvalue weighted by molar-refractivity contribution is 5.67. The number of carbonyl (C=O) groups is 1. The van der Waals surface area contributed by atoms with E-state index in [1.54, 1.807) is 0 Å². The van der Waals surface area contributed by atoms with E-state index in [1.165, 1.54) is 0 Å². The first-order chi connectivity index (χ1) is 11.8. The van der Waals surface area contributed by atoms with Crippen molar-refractivity contribution >= 4 is 12.2 Å². The molecule has 0 heterocycles. The molecule has 0 bridgehead atoms. The Hall–Kier alpha value is -3.06. The van der Waals surface area contributed by atoms with Crippen LogP contribution >= 0.6 is 0 Å². The lowest BCUT2D eigenvalue weighted by Crippen LogP contribution is -2.24. The van der Waals surface area contributed by atoms with Gasteiger partial charge in [-0.15, -0.1) is 0 Å². The number of hydrogen-bond acceptors (Lipinski definition) is 3. The summed E-state index contributed by atoms with van der Waals surface area (Å²) < 4.78 is 5.13. The second-order valence-corrected chi connectivity index (χ2v) is 5.26. The van der Waals surface area contributed by atoms with Crippen LogP contribution in [0.15, 0.2) is 60.7 Å². The van der Waals surface area contributed by atoms with Crippen molar-refractivity contribution in [1.82, 2.24) is 5.32 Å². The Balaban J connectivity index is 1.63. The molecule has 0 saturated carbocycles. The first-order valence-corrected chi connectivity index (χ1v) is 7.85. The number of carbonyl (C=O) groups excluding carboxylic acids is 1. The molecule has 2 aromatic rings. The van der Waals surface area contributed by atoms with Gasteiger partial charge in [0.05, 0.1) is 12.5 Å². The van der Waals surface area contributed by atoms with E-state index in [0.717, 1.165) is 23.1 Å². The van der Waals surface area contributed by atoms with Crippen molar-refractivity contribution in [3.05, 3.63) is 77.4 Å². The lowest BCUT2D eigenvalue weighted by atomic mass is 10.1. The van der Waals surface area contributed by atoms with Gasteiger partial charge in [-0.05, 0) is 23.1 Å². The predicted molar refractivity (Wildman–Crippen MR) is 94.0 cm³/mol. The maximum absolute atomic E-state index is 11.6. The molecule has 1 N–H and O–H groups in total. The van der Waals surface area contributed by atoms with E-state index in [0.29, 0.717) is 13.0 Å². The Bertz CT molecular complexity index is 701. The number of nitriles is 1. The third kappa shape index (κ3) is 6.37. The van der Waals surface area contributed by atoms with Crippen molar-refractivity contribution in [2.24, 2.45) is 0 Å². The maximum Gasteiger partial charge on any atom is 0.407 e. The third-order valence-corrected chi connectivity index (χ3v) is 3.37. The van der Waals surface area contributed by atoms with Gasteiger partial charge in [-0.25, -0.2) is 4.79 Å². The second kappa shape index (κ2) is 9.86. The highest BCUT2D eigenvalue weighted by atomic mass is 16.5. The summed E-state index contributed by atoms with van der Waals surface area (Å²) in [6, 6.07) is 19.5. The van der Waals surface area contributed by atoms with Crippen LogP contribution in [0.3, 0.4) is 0 Å². The van der Waals surface area contributed by atoms with Crippen LogP contribution in [0.1, 0.15) is 23.1 Å². The van der Waals surface area contributed by atoms with Crippen LogP contribution in [0.25, 0.3) is 6.08 Å². The molecule has 2 aromatic carbocycles. The Kier molecular flexibility index (Phi) is 7.10. The van der Waals surface area contributed by atoms with Gasteiger partial charge in [0.1, 0.15) is 6.61 Å². The molecule has 0 spiro atoms. The predicted octanol–water partition coefficient (Wildman–Crippen LogP) is 4.08. The molecule has 0 aliphatic rings. The van der Waals surface area contributed by atoms with Crippen LogP contribution in [0, 0.1) is 11.3 Å². The zero-order valence-electron chi connectivity index (χ0n) is 13.4. The number of rotatable bonds is 7. The van der Waals surface area contributed by atoms with Crippen LogP contribution in [-0.4, -0.2) is 12.6 Å². The summed E-state index contributed by atoms with van der Waals surface area (Å²) in [7, 11) is 0. The summed E-state index contributed by atoms with van der Waals surface area (Å²) in [5, 5.41) is 11.3. The molecule has 0 atom stereocenters. The van der Waals surface area contributed by atoms with Crippen molar-refractivity contribution < 1.29 is 9.53 Å². The topological polar surface area (TPSA) is 62.1 Å². The molecule has 0 fully saturated rings. The largest absolute Gasteiger partial charge is 0.445 e. The zero-order valence-corrected chi connectivity index (χ0v) is 13.4. The summed E-state index contributed by atoms with van der Waals surface area (Å²) in [6.45, 7) is 0.800. The summed E-state index contributed by atoms with van der Waals surface area (Å²) >= 11 is 0. The fourth-order valence-electron chi connectivity index (χ4n) is 2.09. The SMILES string of the molecule is N#CCc1ccc(C=CCCNC(=O)OCc2ccccc2)cc1. The summed E-state index contributed by atoms with van der Waals surface area (Å²) in [5.74, 6) is 0. The van der Waals surface area contributed by atoms with Gasteiger partial charge in [-0.2, -0.15) is 5.26 Å². The molecule has 122 valence electrons.